The summed E-state index contributed by atoms with van der Waals surface area (Å²) in [6, 6.07) is 1.81. The summed E-state index contributed by atoms with van der Waals surface area (Å²) in [6.45, 7) is 3.46. The van der Waals surface area contributed by atoms with Gasteiger partial charge in [0.25, 0.3) is 0 Å². The molecule has 19 heavy (non-hydrogen) atoms. The number of ether oxygens (including phenoxy) is 1. The van der Waals surface area contributed by atoms with Crippen molar-refractivity contribution in [1.82, 2.24) is 4.98 Å². The molecule has 0 aromatic carbocycles. The lowest BCUT2D eigenvalue weighted by Gasteiger charge is -2.10. The van der Waals surface area contributed by atoms with Crippen LogP contribution in [-0.4, -0.2) is 31.7 Å². The summed E-state index contributed by atoms with van der Waals surface area (Å²) >= 11 is 0. The van der Waals surface area contributed by atoms with E-state index >= 15 is 0 Å². The third-order valence-corrected chi connectivity index (χ3v) is 4.08. The van der Waals surface area contributed by atoms with E-state index < -0.39 is 21.8 Å². The molecule has 1 heterocycles. The van der Waals surface area contributed by atoms with Gasteiger partial charge in [-0.25, -0.2) is 13.2 Å². The van der Waals surface area contributed by atoms with Crippen LogP contribution in [0.25, 0.3) is 0 Å². The molecule has 0 radical (unpaired) electrons. The van der Waals surface area contributed by atoms with E-state index in [2.05, 4.69) is 4.98 Å². The van der Waals surface area contributed by atoms with Gasteiger partial charge < -0.3 is 10.5 Å². The zero-order chi connectivity index (χ0) is 13.8. The third-order valence-electron chi connectivity index (χ3n) is 2.36. The summed E-state index contributed by atoms with van der Waals surface area (Å²) < 4.78 is 27.9. The monoisotopic (exact) mass is 308 g/mol. The number of halogens is 1. The molecule has 0 aliphatic carbocycles. The smallest absolute Gasteiger partial charge is 0.329 e. The number of hydrogen-bond donors (Lipinski definition) is 1. The Hall–Kier alpha value is -1.18. The Balaban J connectivity index is 0.00000324. The van der Waals surface area contributed by atoms with E-state index in [4.69, 9.17) is 10.5 Å². The molecule has 0 aliphatic rings. The van der Waals surface area contributed by atoms with E-state index in [0.717, 1.165) is 0 Å². The Morgan fingerprint density at radius 1 is 1.42 bits per heavy atom. The van der Waals surface area contributed by atoms with Crippen LogP contribution in [0.1, 0.15) is 25.6 Å². The minimum absolute atomic E-state index is 0. The summed E-state index contributed by atoms with van der Waals surface area (Å²) in [5.74, 6) is -0.589. The molecule has 108 valence electrons. The molecule has 2 N–H and O–H groups in total. The number of nitrogens with two attached hydrogens (primary N) is 1. The molecule has 0 aliphatic heterocycles. The van der Waals surface area contributed by atoms with Crippen LogP contribution in [0.4, 0.5) is 0 Å². The van der Waals surface area contributed by atoms with Crippen LogP contribution in [-0.2, 0) is 19.4 Å². The summed E-state index contributed by atoms with van der Waals surface area (Å²) in [4.78, 5) is 15.4. The highest BCUT2D eigenvalue weighted by Crippen LogP contribution is 2.14. The van der Waals surface area contributed by atoms with E-state index in [0.29, 0.717) is 0 Å². The molecule has 0 spiro atoms. The zero-order valence-corrected chi connectivity index (χ0v) is 12.3. The second-order valence-electron chi connectivity index (χ2n) is 3.55. The van der Waals surface area contributed by atoms with Crippen LogP contribution in [0.5, 0.6) is 0 Å². The first-order valence-corrected chi connectivity index (χ1v) is 7.18. The van der Waals surface area contributed by atoms with Gasteiger partial charge in [-0.15, -0.1) is 12.4 Å². The van der Waals surface area contributed by atoms with Crippen LogP contribution >= 0.6 is 12.4 Å². The van der Waals surface area contributed by atoms with Crippen molar-refractivity contribution in [3.63, 3.8) is 0 Å². The van der Waals surface area contributed by atoms with Crippen molar-refractivity contribution in [3.05, 3.63) is 24.0 Å². The van der Waals surface area contributed by atoms with Gasteiger partial charge in [-0.2, -0.15) is 0 Å². The molecular formula is C11H17ClN2O4S. The Labute approximate surface area is 118 Å². The van der Waals surface area contributed by atoms with E-state index in [1.165, 1.54) is 18.3 Å². The SMILES string of the molecule is CCOC(=O)C(N)c1ccc(S(=O)(=O)CC)cn1.Cl. The Morgan fingerprint density at radius 3 is 2.47 bits per heavy atom. The largest absolute Gasteiger partial charge is 0.465 e. The number of esters is 1. The van der Waals surface area contributed by atoms with Gasteiger partial charge in [-0.3, -0.25) is 4.98 Å². The van der Waals surface area contributed by atoms with Gasteiger partial charge >= 0.3 is 5.97 Å². The van der Waals surface area contributed by atoms with Gasteiger partial charge in [0.1, 0.15) is 6.04 Å². The number of carbonyl (C=O) groups is 1. The summed E-state index contributed by atoms with van der Waals surface area (Å²) in [7, 11) is -3.29. The lowest BCUT2D eigenvalue weighted by atomic mass is 10.2. The number of hydrogen-bond acceptors (Lipinski definition) is 6. The first-order chi connectivity index (χ1) is 8.42. The first-order valence-electron chi connectivity index (χ1n) is 5.53. The predicted molar refractivity (Wildman–Crippen MR) is 72.8 cm³/mol. The number of carbonyl (C=O) groups excluding carboxylic acids is 1. The summed E-state index contributed by atoms with van der Waals surface area (Å²) in [6.07, 6.45) is 1.20. The molecule has 8 heteroatoms. The van der Waals surface area contributed by atoms with E-state index in [1.54, 1.807) is 13.8 Å². The summed E-state index contributed by atoms with van der Waals surface area (Å²) in [5, 5.41) is 0. The Morgan fingerprint density at radius 2 is 2.05 bits per heavy atom. The standard InChI is InChI=1S/C11H16N2O4S.ClH/c1-3-17-11(14)10(12)9-6-5-8(7-13-9)18(15,16)4-2;/h5-7,10H,3-4,12H2,1-2H3;1H. The van der Waals surface area contributed by atoms with Crippen molar-refractivity contribution in [1.29, 1.82) is 0 Å². The van der Waals surface area contributed by atoms with Crippen molar-refractivity contribution >= 4 is 28.2 Å². The maximum Gasteiger partial charge on any atom is 0.329 e. The molecule has 1 rings (SSSR count). The van der Waals surface area contributed by atoms with Gasteiger partial charge in [-0.1, -0.05) is 6.92 Å². The minimum atomic E-state index is -3.29. The van der Waals surface area contributed by atoms with Crippen LogP contribution in [0.15, 0.2) is 23.2 Å². The van der Waals surface area contributed by atoms with Crippen LogP contribution in [0.2, 0.25) is 0 Å². The number of nitrogens with zero attached hydrogens (tertiary/aromatic N) is 1. The molecule has 0 fully saturated rings. The molecule has 1 atom stereocenters. The highest BCUT2D eigenvalue weighted by atomic mass is 35.5. The molecular weight excluding hydrogens is 292 g/mol. The maximum atomic E-state index is 11.6. The molecule has 1 aromatic rings. The molecule has 1 aromatic heterocycles. The average molecular weight is 309 g/mol. The predicted octanol–water partition coefficient (Wildman–Crippen LogP) is 0.860. The van der Waals surface area contributed by atoms with Crippen molar-refractivity contribution in [2.24, 2.45) is 5.73 Å². The first kappa shape index (κ1) is 17.8. The van der Waals surface area contributed by atoms with Gasteiger partial charge in [0.05, 0.1) is 22.9 Å². The highest BCUT2D eigenvalue weighted by Gasteiger charge is 2.19. The second-order valence-corrected chi connectivity index (χ2v) is 5.83. The van der Waals surface area contributed by atoms with Gasteiger partial charge in [0, 0.05) is 6.20 Å². The van der Waals surface area contributed by atoms with Crippen LogP contribution in [0.3, 0.4) is 0 Å². The second kappa shape index (κ2) is 7.42. The maximum absolute atomic E-state index is 11.6. The van der Waals surface area contributed by atoms with Gasteiger partial charge in [-0.05, 0) is 19.1 Å². The fourth-order valence-electron chi connectivity index (χ4n) is 1.28. The zero-order valence-electron chi connectivity index (χ0n) is 10.7. The van der Waals surface area contributed by atoms with Crippen LogP contribution in [0, 0.1) is 0 Å². The van der Waals surface area contributed by atoms with Gasteiger partial charge in [0.2, 0.25) is 0 Å². The third kappa shape index (κ3) is 4.45. The fourth-order valence-corrected chi connectivity index (χ4v) is 2.10. The van der Waals surface area contributed by atoms with Crippen molar-refractivity contribution in [2.45, 2.75) is 24.8 Å². The number of aromatic nitrogens is 1. The Bertz CT molecular complexity index is 516. The molecule has 1 unspecified atom stereocenters. The number of sulfone groups is 1. The van der Waals surface area contributed by atoms with Gasteiger partial charge in [0.15, 0.2) is 9.84 Å². The molecule has 0 saturated heterocycles. The molecule has 6 nitrogen and oxygen atoms in total. The van der Waals surface area contributed by atoms with E-state index in [9.17, 15) is 13.2 Å². The lowest BCUT2D eigenvalue weighted by molar-refractivity contribution is -0.144. The van der Waals surface area contributed by atoms with Crippen molar-refractivity contribution in [3.8, 4) is 0 Å². The summed E-state index contributed by atoms with van der Waals surface area (Å²) in [5.41, 5.74) is 5.91. The fraction of sp³-hybridized carbons (Fsp3) is 0.455. The number of rotatable bonds is 5. The van der Waals surface area contributed by atoms with E-state index in [1.807, 2.05) is 0 Å². The topological polar surface area (TPSA) is 99.4 Å². The van der Waals surface area contributed by atoms with E-state index in [-0.39, 0.29) is 35.4 Å². The van der Waals surface area contributed by atoms with Crippen molar-refractivity contribution in [2.75, 3.05) is 12.4 Å². The van der Waals surface area contributed by atoms with Crippen molar-refractivity contribution < 1.29 is 17.9 Å². The number of pyridine rings is 1. The Kier molecular flexibility index (Phi) is 6.96. The minimum Gasteiger partial charge on any atom is -0.465 e. The average Bonchev–Trinajstić information content (AvgIpc) is 2.38. The quantitative estimate of drug-likeness (QED) is 0.810. The lowest BCUT2D eigenvalue weighted by Crippen LogP contribution is -2.24. The highest BCUT2D eigenvalue weighted by molar-refractivity contribution is 7.91. The molecule has 0 amide bonds. The molecule has 0 saturated carbocycles. The normalized spacial score (nSPS) is 12.4. The molecule has 0 bridgehead atoms. The van der Waals surface area contributed by atoms with Crippen LogP contribution < -0.4 is 5.73 Å².